The lowest BCUT2D eigenvalue weighted by atomic mass is 9.76. The monoisotopic (exact) mass is 174 g/mol. The van der Waals surface area contributed by atoms with Gasteiger partial charge in [0, 0.05) is 5.41 Å². The van der Waals surface area contributed by atoms with E-state index in [0.29, 0.717) is 0 Å². The minimum absolute atomic E-state index is 0.168. The van der Waals surface area contributed by atoms with Crippen LogP contribution in [-0.2, 0) is 4.74 Å². The third-order valence-electron chi connectivity index (χ3n) is 2.74. The SMILES string of the molecule is B[C@H]1OC(CO)[C@@](C)(CO)C1O. The Morgan fingerprint density at radius 3 is 2.42 bits per heavy atom. The second-order valence-corrected chi connectivity index (χ2v) is 3.62. The molecule has 0 radical (unpaired) electrons. The zero-order chi connectivity index (χ0) is 9.35. The molecule has 1 saturated heterocycles. The van der Waals surface area contributed by atoms with Crippen LogP contribution in [0.3, 0.4) is 0 Å². The number of ether oxygens (including phenoxy) is 1. The van der Waals surface area contributed by atoms with Crippen molar-refractivity contribution in [2.75, 3.05) is 13.2 Å². The lowest BCUT2D eigenvalue weighted by Crippen LogP contribution is -2.43. The van der Waals surface area contributed by atoms with Crippen molar-refractivity contribution in [1.82, 2.24) is 0 Å². The molecule has 0 aromatic heterocycles. The summed E-state index contributed by atoms with van der Waals surface area (Å²) in [7, 11) is 1.73. The Kier molecular flexibility index (Phi) is 2.78. The zero-order valence-corrected chi connectivity index (χ0v) is 7.40. The van der Waals surface area contributed by atoms with E-state index in [1.54, 1.807) is 14.8 Å². The Morgan fingerprint density at radius 2 is 2.08 bits per heavy atom. The van der Waals surface area contributed by atoms with E-state index < -0.39 is 17.6 Å². The predicted octanol–water partition coefficient (Wildman–Crippen LogP) is -2.30. The summed E-state index contributed by atoms with van der Waals surface area (Å²) in [5.41, 5.74) is -0.728. The van der Waals surface area contributed by atoms with Crippen LogP contribution >= 0.6 is 0 Å². The molecule has 1 aliphatic rings. The molecular formula is C7H15BO4. The summed E-state index contributed by atoms with van der Waals surface area (Å²) in [5.74, 6) is 0. The van der Waals surface area contributed by atoms with Crippen LogP contribution in [0.15, 0.2) is 0 Å². The molecule has 1 aliphatic heterocycles. The van der Waals surface area contributed by atoms with Crippen LogP contribution in [0.2, 0.25) is 0 Å². The fourth-order valence-electron chi connectivity index (χ4n) is 1.66. The summed E-state index contributed by atoms with van der Waals surface area (Å²) in [6.07, 6.45) is -1.17. The average Bonchev–Trinajstić information content (AvgIpc) is 2.30. The second kappa shape index (κ2) is 3.34. The van der Waals surface area contributed by atoms with Gasteiger partial charge in [-0.25, -0.2) is 0 Å². The smallest absolute Gasteiger partial charge is 0.142 e. The molecule has 1 fully saturated rings. The molecule has 4 atom stereocenters. The highest BCUT2D eigenvalue weighted by atomic mass is 16.5. The van der Waals surface area contributed by atoms with Crippen molar-refractivity contribution < 1.29 is 20.1 Å². The molecule has 0 aliphatic carbocycles. The van der Waals surface area contributed by atoms with Gasteiger partial charge >= 0.3 is 0 Å². The third-order valence-corrected chi connectivity index (χ3v) is 2.74. The van der Waals surface area contributed by atoms with E-state index in [-0.39, 0.29) is 19.2 Å². The molecule has 3 N–H and O–H groups in total. The first-order chi connectivity index (χ1) is 5.56. The summed E-state index contributed by atoms with van der Waals surface area (Å²) >= 11 is 0. The first kappa shape index (κ1) is 9.99. The Bertz CT molecular complexity index is 165. The van der Waals surface area contributed by atoms with E-state index in [4.69, 9.17) is 14.9 Å². The molecule has 70 valence electrons. The fraction of sp³-hybridized carbons (Fsp3) is 1.00. The molecule has 2 unspecified atom stereocenters. The van der Waals surface area contributed by atoms with Gasteiger partial charge in [-0.1, -0.05) is 6.92 Å². The number of rotatable bonds is 2. The van der Waals surface area contributed by atoms with Crippen LogP contribution in [0.5, 0.6) is 0 Å². The first-order valence-electron chi connectivity index (χ1n) is 4.11. The van der Waals surface area contributed by atoms with Crippen LogP contribution < -0.4 is 0 Å². The highest BCUT2D eigenvalue weighted by Crippen LogP contribution is 2.36. The Labute approximate surface area is 72.6 Å². The van der Waals surface area contributed by atoms with Gasteiger partial charge in [-0.3, -0.25) is 0 Å². The van der Waals surface area contributed by atoms with Gasteiger partial charge in [0.15, 0.2) is 0 Å². The predicted molar refractivity (Wildman–Crippen MR) is 45.5 cm³/mol. The van der Waals surface area contributed by atoms with Crippen LogP contribution in [0.25, 0.3) is 0 Å². The van der Waals surface area contributed by atoms with Gasteiger partial charge < -0.3 is 20.1 Å². The van der Waals surface area contributed by atoms with Crippen molar-refractivity contribution in [2.45, 2.75) is 25.1 Å². The standard InChI is InChI=1S/C7H15BO4/c1-7(3-10)4(2-9)12-6(8)5(7)11/h4-6,9-11H,2-3,8H2,1H3/t4?,5?,6-,7+/m0/s1. The molecular weight excluding hydrogens is 159 g/mol. The maximum Gasteiger partial charge on any atom is 0.142 e. The van der Waals surface area contributed by atoms with Crippen molar-refractivity contribution in [3.05, 3.63) is 0 Å². The third kappa shape index (κ3) is 1.27. The van der Waals surface area contributed by atoms with Gasteiger partial charge in [0.25, 0.3) is 0 Å². The van der Waals surface area contributed by atoms with Crippen LogP contribution in [0.1, 0.15) is 6.92 Å². The van der Waals surface area contributed by atoms with E-state index in [1.165, 1.54) is 0 Å². The summed E-state index contributed by atoms with van der Waals surface area (Å²) in [4.78, 5) is 0. The Morgan fingerprint density at radius 1 is 1.50 bits per heavy atom. The Balaban J connectivity index is 2.80. The highest BCUT2D eigenvalue weighted by molar-refractivity contribution is 6.11. The molecule has 12 heavy (non-hydrogen) atoms. The van der Waals surface area contributed by atoms with Crippen molar-refractivity contribution in [1.29, 1.82) is 0 Å². The molecule has 5 heteroatoms. The zero-order valence-electron chi connectivity index (χ0n) is 7.40. The number of hydrogen-bond donors (Lipinski definition) is 3. The molecule has 0 bridgehead atoms. The topological polar surface area (TPSA) is 69.9 Å². The molecule has 0 aromatic carbocycles. The largest absolute Gasteiger partial charge is 0.396 e. The van der Waals surface area contributed by atoms with E-state index in [9.17, 15) is 5.11 Å². The molecule has 0 aromatic rings. The number of aliphatic hydroxyl groups excluding tert-OH is 3. The minimum Gasteiger partial charge on any atom is -0.396 e. The summed E-state index contributed by atoms with van der Waals surface area (Å²) in [6, 6.07) is -0.320. The highest BCUT2D eigenvalue weighted by Gasteiger charge is 2.50. The molecule has 0 amide bonds. The van der Waals surface area contributed by atoms with Gasteiger partial charge in [0.2, 0.25) is 0 Å². The minimum atomic E-state index is -0.728. The molecule has 1 heterocycles. The van der Waals surface area contributed by atoms with E-state index >= 15 is 0 Å². The van der Waals surface area contributed by atoms with Crippen molar-refractivity contribution >= 4 is 7.85 Å². The lowest BCUT2D eigenvalue weighted by Gasteiger charge is -2.29. The van der Waals surface area contributed by atoms with Crippen LogP contribution in [0.4, 0.5) is 0 Å². The first-order valence-corrected chi connectivity index (χ1v) is 4.11. The number of hydrogen-bond acceptors (Lipinski definition) is 4. The van der Waals surface area contributed by atoms with Crippen molar-refractivity contribution in [3.8, 4) is 0 Å². The van der Waals surface area contributed by atoms with Crippen LogP contribution in [0, 0.1) is 5.41 Å². The fourth-order valence-corrected chi connectivity index (χ4v) is 1.66. The van der Waals surface area contributed by atoms with Crippen molar-refractivity contribution in [3.63, 3.8) is 0 Å². The molecule has 1 rings (SSSR count). The molecule has 0 spiro atoms. The quantitative estimate of drug-likeness (QED) is 0.411. The van der Waals surface area contributed by atoms with Crippen LogP contribution in [-0.4, -0.2) is 54.6 Å². The Hall–Kier alpha value is -0.0951. The van der Waals surface area contributed by atoms with Gasteiger partial charge in [-0.2, -0.15) is 0 Å². The van der Waals surface area contributed by atoms with Gasteiger partial charge in [0.1, 0.15) is 7.85 Å². The second-order valence-electron chi connectivity index (χ2n) is 3.62. The lowest BCUT2D eigenvalue weighted by molar-refractivity contribution is -0.0300. The summed E-state index contributed by atoms with van der Waals surface area (Å²) in [5, 5.41) is 27.6. The normalized spacial score (nSPS) is 48.2. The van der Waals surface area contributed by atoms with E-state index in [0.717, 1.165) is 0 Å². The van der Waals surface area contributed by atoms with E-state index in [1.807, 2.05) is 0 Å². The maximum absolute atomic E-state index is 9.62. The van der Waals surface area contributed by atoms with Gasteiger partial charge in [0.05, 0.1) is 31.4 Å². The molecule has 4 nitrogen and oxygen atoms in total. The van der Waals surface area contributed by atoms with Gasteiger partial charge in [-0.15, -0.1) is 0 Å². The number of aliphatic hydroxyl groups is 3. The summed E-state index contributed by atoms with van der Waals surface area (Å²) in [6.45, 7) is 1.37. The van der Waals surface area contributed by atoms with Gasteiger partial charge in [-0.05, 0) is 0 Å². The summed E-state index contributed by atoms with van der Waals surface area (Å²) < 4.78 is 5.27. The van der Waals surface area contributed by atoms with E-state index in [2.05, 4.69) is 0 Å². The maximum atomic E-state index is 9.62. The average molecular weight is 174 g/mol. The van der Waals surface area contributed by atoms with Crippen molar-refractivity contribution in [2.24, 2.45) is 5.41 Å². The molecule has 0 saturated carbocycles.